The molecule has 1 aromatic heterocycles. The molecule has 1 aliphatic heterocycles. The van der Waals surface area contributed by atoms with Gasteiger partial charge in [0.05, 0.1) is 6.54 Å². The number of hydrogen-bond acceptors (Lipinski definition) is 4. The first-order chi connectivity index (χ1) is 10.7. The van der Waals surface area contributed by atoms with Gasteiger partial charge in [0, 0.05) is 30.9 Å². The van der Waals surface area contributed by atoms with E-state index in [0.717, 1.165) is 5.69 Å². The maximum atomic E-state index is 11.9. The second-order valence-corrected chi connectivity index (χ2v) is 4.89. The molecule has 3 rings (SSSR count). The minimum Gasteiger partial charge on any atom is -0.336 e. The van der Waals surface area contributed by atoms with Gasteiger partial charge in [-0.25, -0.2) is 9.78 Å². The molecular formula is C14H16N6O2. The molecule has 0 bridgehead atoms. The van der Waals surface area contributed by atoms with Gasteiger partial charge in [-0.3, -0.25) is 14.4 Å². The van der Waals surface area contributed by atoms with E-state index < -0.39 is 0 Å². The van der Waals surface area contributed by atoms with Crippen LogP contribution in [-0.4, -0.2) is 39.8 Å². The molecule has 0 aliphatic carbocycles. The molecule has 8 nitrogen and oxygen atoms in total. The SMILES string of the molecule is O=C(CCn1cncn1)Nc1cccc(N2CCNC2=O)c1. The Labute approximate surface area is 127 Å². The van der Waals surface area contributed by atoms with Crippen molar-refractivity contribution in [3.63, 3.8) is 0 Å². The van der Waals surface area contributed by atoms with Crippen LogP contribution < -0.4 is 15.5 Å². The summed E-state index contributed by atoms with van der Waals surface area (Å²) >= 11 is 0. The van der Waals surface area contributed by atoms with Gasteiger partial charge in [-0.15, -0.1) is 0 Å². The largest absolute Gasteiger partial charge is 0.336 e. The van der Waals surface area contributed by atoms with Crippen molar-refractivity contribution in [3.8, 4) is 0 Å². The molecule has 3 amide bonds. The number of carbonyl (C=O) groups excluding carboxylic acids is 2. The van der Waals surface area contributed by atoms with Crippen LogP contribution >= 0.6 is 0 Å². The molecule has 1 aliphatic rings. The standard InChI is InChI=1S/C14H16N6O2/c21-13(4-6-19-10-15-9-17-19)18-11-2-1-3-12(8-11)20-7-5-16-14(20)22/h1-3,8-10H,4-7H2,(H,16,22)(H,18,21). The highest BCUT2D eigenvalue weighted by Crippen LogP contribution is 2.21. The lowest BCUT2D eigenvalue weighted by Crippen LogP contribution is -2.27. The number of aryl methyl sites for hydroxylation is 1. The van der Waals surface area contributed by atoms with Gasteiger partial charge in [0.25, 0.3) is 0 Å². The summed E-state index contributed by atoms with van der Waals surface area (Å²) in [5, 5.41) is 9.52. The first kappa shape index (κ1) is 14.1. The number of amides is 3. The van der Waals surface area contributed by atoms with Crippen LogP contribution in [0, 0.1) is 0 Å². The van der Waals surface area contributed by atoms with Crippen molar-refractivity contribution in [1.82, 2.24) is 20.1 Å². The zero-order valence-corrected chi connectivity index (χ0v) is 11.9. The van der Waals surface area contributed by atoms with Gasteiger partial charge in [-0.1, -0.05) is 6.07 Å². The summed E-state index contributed by atoms with van der Waals surface area (Å²) in [5.74, 6) is -0.112. The highest BCUT2D eigenvalue weighted by molar-refractivity contribution is 5.96. The minimum absolute atomic E-state index is 0.112. The van der Waals surface area contributed by atoms with E-state index in [2.05, 4.69) is 20.7 Å². The third-order valence-electron chi connectivity index (χ3n) is 3.33. The monoisotopic (exact) mass is 300 g/mol. The first-order valence-corrected chi connectivity index (χ1v) is 7.00. The van der Waals surface area contributed by atoms with Gasteiger partial charge in [-0.2, -0.15) is 5.10 Å². The summed E-state index contributed by atoms with van der Waals surface area (Å²) in [4.78, 5) is 29.1. The van der Waals surface area contributed by atoms with Crippen LogP contribution in [0.1, 0.15) is 6.42 Å². The number of urea groups is 1. The van der Waals surface area contributed by atoms with E-state index in [9.17, 15) is 9.59 Å². The predicted octanol–water partition coefficient (Wildman–Crippen LogP) is 0.836. The number of nitrogens with zero attached hydrogens (tertiary/aromatic N) is 4. The average molecular weight is 300 g/mol. The number of aromatic nitrogens is 3. The van der Waals surface area contributed by atoms with Gasteiger partial charge in [0.15, 0.2) is 0 Å². The van der Waals surface area contributed by atoms with E-state index in [1.54, 1.807) is 28.0 Å². The summed E-state index contributed by atoms with van der Waals surface area (Å²) in [5.41, 5.74) is 1.44. The Morgan fingerprint density at radius 1 is 1.41 bits per heavy atom. The maximum Gasteiger partial charge on any atom is 0.321 e. The molecule has 1 saturated heterocycles. The number of hydrogen-bond donors (Lipinski definition) is 2. The lowest BCUT2D eigenvalue weighted by Gasteiger charge is -2.15. The number of nitrogens with one attached hydrogen (secondary N) is 2. The smallest absolute Gasteiger partial charge is 0.321 e. The second kappa shape index (κ2) is 6.25. The Hall–Kier alpha value is -2.90. The summed E-state index contributed by atoms with van der Waals surface area (Å²) in [6.45, 7) is 1.73. The molecular weight excluding hydrogens is 284 g/mol. The quantitative estimate of drug-likeness (QED) is 0.855. The van der Waals surface area contributed by atoms with Crippen molar-refractivity contribution in [2.45, 2.75) is 13.0 Å². The molecule has 2 N–H and O–H groups in total. The topological polar surface area (TPSA) is 92.2 Å². The van der Waals surface area contributed by atoms with Crippen LogP contribution in [0.5, 0.6) is 0 Å². The fourth-order valence-corrected chi connectivity index (χ4v) is 2.26. The molecule has 1 fully saturated rings. The average Bonchev–Trinajstić information content (AvgIpc) is 3.16. The fraction of sp³-hybridized carbons (Fsp3) is 0.286. The van der Waals surface area contributed by atoms with Gasteiger partial charge in [0.2, 0.25) is 5.91 Å². The van der Waals surface area contributed by atoms with Crippen LogP contribution in [0.2, 0.25) is 0 Å². The van der Waals surface area contributed by atoms with Gasteiger partial charge >= 0.3 is 6.03 Å². The van der Waals surface area contributed by atoms with Crippen molar-refractivity contribution < 1.29 is 9.59 Å². The Bertz CT molecular complexity index is 670. The highest BCUT2D eigenvalue weighted by atomic mass is 16.2. The van der Waals surface area contributed by atoms with E-state index >= 15 is 0 Å². The second-order valence-electron chi connectivity index (χ2n) is 4.89. The third kappa shape index (κ3) is 3.22. The zero-order chi connectivity index (χ0) is 15.4. The lowest BCUT2D eigenvalue weighted by molar-refractivity contribution is -0.116. The van der Waals surface area contributed by atoms with Crippen molar-refractivity contribution >= 4 is 23.3 Å². The number of anilines is 2. The zero-order valence-electron chi connectivity index (χ0n) is 11.9. The van der Waals surface area contributed by atoms with E-state index in [-0.39, 0.29) is 11.9 Å². The molecule has 0 radical (unpaired) electrons. The first-order valence-electron chi connectivity index (χ1n) is 7.00. The van der Waals surface area contributed by atoms with Crippen molar-refractivity contribution in [3.05, 3.63) is 36.9 Å². The van der Waals surface area contributed by atoms with Crippen molar-refractivity contribution in [2.24, 2.45) is 0 Å². The van der Waals surface area contributed by atoms with Gasteiger partial charge < -0.3 is 10.6 Å². The Morgan fingerprint density at radius 2 is 2.32 bits per heavy atom. The maximum absolute atomic E-state index is 11.9. The number of carbonyl (C=O) groups is 2. The highest BCUT2D eigenvalue weighted by Gasteiger charge is 2.21. The van der Waals surface area contributed by atoms with Crippen LogP contribution in [0.15, 0.2) is 36.9 Å². The summed E-state index contributed by atoms with van der Waals surface area (Å²) in [6.07, 6.45) is 3.31. The van der Waals surface area contributed by atoms with Crippen LogP contribution in [0.25, 0.3) is 0 Å². The van der Waals surface area contributed by atoms with E-state index in [1.807, 2.05) is 12.1 Å². The number of rotatable bonds is 5. The minimum atomic E-state index is -0.116. The van der Waals surface area contributed by atoms with E-state index in [0.29, 0.717) is 31.7 Å². The van der Waals surface area contributed by atoms with Gasteiger partial charge in [-0.05, 0) is 18.2 Å². The molecule has 2 aromatic rings. The summed E-state index contributed by atoms with van der Waals surface area (Å²) < 4.78 is 1.60. The molecule has 0 spiro atoms. The number of benzene rings is 1. The third-order valence-corrected chi connectivity index (χ3v) is 3.33. The molecule has 114 valence electrons. The molecule has 0 saturated carbocycles. The summed E-state index contributed by atoms with van der Waals surface area (Å²) in [7, 11) is 0. The van der Waals surface area contributed by atoms with Crippen LogP contribution in [0.3, 0.4) is 0 Å². The van der Waals surface area contributed by atoms with Gasteiger partial charge in [0.1, 0.15) is 12.7 Å². The molecule has 22 heavy (non-hydrogen) atoms. The molecule has 8 heteroatoms. The van der Waals surface area contributed by atoms with E-state index in [4.69, 9.17) is 0 Å². The van der Waals surface area contributed by atoms with Crippen LogP contribution in [-0.2, 0) is 11.3 Å². The fourth-order valence-electron chi connectivity index (χ4n) is 2.26. The predicted molar refractivity (Wildman–Crippen MR) is 80.5 cm³/mol. The van der Waals surface area contributed by atoms with Crippen molar-refractivity contribution in [1.29, 1.82) is 0 Å². The molecule has 0 unspecified atom stereocenters. The molecule has 1 aromatic carbocycles. The normalized spacial score (nSPS) is 14.0. The Morgan fingerprint density at radius 3 is 3.05 bits per heavy atom. The molecule has 2 heterocycles. The lowest BCUT2D eigenvalue weighted by atomic mass is 10.2. The van der Waals surface area contributed by atoms with Crippen molar-refractivity contribution in [2.75, 3.05) is 23.3 Å². The van der Waals surface area contributed by atoms with Crippen LogP contribution in [0.4, 0.5) is 16.2 Å². The Kier molecular flexibility index (Phi) is 3.99. The molecule has 0 atom stereocenters. The Balaban J connectivity index is 1.60. The summed E-state index contributed by atoms with van der Waals surface area (Å²) in [6, 6.07) is 7.13. The van der Waals surface area contributed by atoms with E-state index in [1.165, 1.54) is 6.33 Å².